The number of hydrogen-bond acceptors (Lipinski definition) is 2. The average Bonchev–Trinajstić information content (AvgIpc) is 2.64. The number of aryl methyl sites for hydroxylation is 2. The van der Waals surface area contributed by atoms with E-state index < -0.39 is 0 Å². The van der Waals surface area contributed by atoms with E-state index in [1.165, 1.54) is 40.3 Å². The van der Waals surface area contributed by atoms with Gasteiger partial charge >= 0.3 is 0 Å². The Morgan fingerprint density at radius 3 is 2.11 bits per heavy atom. The van der Waals surface area contributed by atoms with Gasteiger partial charge in [-0.15, -0.1) is 0 Å². The lowest BCUT2D eigenvalue weighted by Crippen LogP contribution is -2.42. The monoisotopic (exact) mass is 370 g/mol. The average molecular weight is 371 g/mol. The third-order valence-corrected chi connectivity index (χ3v) is 3.83. The van der Waals surface area contributed by atoms with Crippen LogP contribution in [0.3, 0.4) is 0 Å². The first kappa shape index (κ1) is 24.7. The molecule has 1 aromatic rings. The second-order valence-corrected chi connectivity index (χ2v) is 6.15. The van der Waals surface area contributed by atoms with Crippen molar-refractivity contribution >= 4 is 11.5 Å². The standard InChI is InChI=1S/C20H26N2O.2C2H6/c1-6-7-18(17-9-13(2)8-14(3)10-17)19-11-20(22-16(5)23)21-12-15(19)4;2*1-2/h7-12,20-21H,6H2,1-5H3,(H,22,23);2*1-2H3/b18-7-;;. The molecule has 27 heavy (non-hydrogen) atoms. The van der Waals surface area contributed by atoms with Gasteiger partial charge in [0, 0.05) is 13.1 Å². The Balaban J connectivity index is 0.00000158. The number of benzene rings is 1. The van der Waals surface area contributed by atoms with Crippen LogP contribution < -0.4 is 10.6 Å². The lowest BCUT2D eigenvalue weighted by Gasteiger charge is -2.24. The number of allylic oxidation sites excluding steroid dienone is 4. The highest BCUT2D eigenvalue weighted by Gasteiger charge is 2.17. The Bertz CT molecular complexity index is 676. The van der Waals surface area contributed by atoms with Crippen LogP contribution in [0.25, 0.3) is 5.57 Å². The van der Waals surface area contributed by atoms with E-state index in [4.69, 9.17) is 0 Å². The molecule has 0 saturated carbocycles. The zero-order chi connectivity index (χ0) is 21.0. The summed E-state index contributed by atoms with van der Waals surface area (Å²) in [4.78, 5) is 11.3. The number of carbonyl (C=O) groups is 1. The van der Waals surface area contributed by atoms with Crippen LogP contribution in [-0.4, -0.2) is 12.1 Å². The molecule has 0 fully saturated rings. The molecule has 3 heteroatoms. The highest BCUT2D eigenvalue weighted by molar-refractivity contribution is 5.84. The van der Waals surface area contributed by atoms with Crippen LogP contribution in [0.2, 0.25) is 0 Å². The van der Waals surface area contributed by atoms with Crippen molar-refractivity contribution in [2.24, 2.45) is 0 Å². The van der Waals surface area contributed by atoms with Crippen molar-refractivity contribution in [1.82, 2.24) is 10.6 Å². The van der Waals surface area contributed by atoms with E-state index in [1.807, 2.05) is 33.9 Å². The van der Waals surface area contributed by atoms with Crippen molar-refractivity contribution in [3.63, 3.8) is 0 Å². The molecule has 150 valence electrons. The third kappa shape index (κ3) is 7.86. The molecule has 2 rings (SSSR count). The van der Waals surface area contributed by atoms with Gasteiger partial charge in [0.05, 0.1) is 0 Å². The fraction of sp³-hybridized carbons (Fsp3) is 0.458. The predicted molar refractivity (Wildman–Crippen MR) is 119 cm³/mol. The van der Waals surface area contributed by atoms with Gasteiger partial charge < -0.3 is 10.6 Å². The normalized spacial score (nSPS) is 15.7. The van der Waals surface area contributed by atoms with Gasteiger partial charge in [0.15, 0.2) is 0 Å². The Morgan fingerprint density at radius 2 is 1.63 bits per heavy atom. The molecule has 0 aliphatic carbocycles. The fourth-order valence-electron chi connectivity index (χ4n) is 2.96. The maximum absolute atomic E-state index is 11.3. The van der Waals surface area contributed by atoms with Crippen LogP contribution in [0.1, 0.15) is 71.6 Å². The van der Waals surface area contributed by atoms with E-state index in [9.17, 15) is 4.79 Å². The smallest absolute Gasteiger partial charge is 0.218 e. The van der Waals surface area contributed by atoms with Crippen molar-refractivity contribution in [2.75, 3.05) is 0 Å². The van der Waals surface area contributed by atoms with Crippen LogP contribution in [0.5, 0.6) is 0 Å². The van der Waals surface area contributed by atoms with Gasteiger partial charge in [-0.25, -0.2) is 0 Å². The van der Waals surface area contributed by atoms with Crippen molar-refractivity contribution < 1.29 is 4.79 Å². The summed E-state index contributed by atoms with van der Waals surface area (Å²) in [6, 6.07) is 6.63. The number of nitrogens with one attached hydrogen (secondary N) is 2. The second kappa shape index (κ2) is 13.0. The van der Waals surface area contributed by atoms with Gasteiger partial charge in [-0.3, -0.25) is 4.79 Å². The molecule has 1 heterocycles. The summed E-state index contributed by atoms with van der Waals surface area (Å²) in [5.74, 6) is -0.0431. The van der Waals surface area contributed by atoms with Gasteiger partial charge in [-0.1, -0.05) is 70.0 Å². The summed E-state index contributed by atoms with van der Waals surface area (Å²) in [7, 11) is 0. The van der Waals surface area contributed by atoms with Gasteiger partial charge in [0.2, 0.25) is 5.91 Å². The minimum absolute atomic E-state index is 0.0431. The molecule has 1 amide bonds. The topological polar surface area (TPSA) is 41.1 Å². The van der Waals surface area contributed by atoms with Crippen LogP contribution >= 0.6 is 0 Å². The Hall–Kier alpha value is -2.29. The zero-order valence-corrected chi connectivity index (χ0v) is 18.7. The molecule has 1 unspecified atom stereocenters. The number of hydrogen-bond donors (Lipinski definition) is 2. The van der Waals surface area contributed by atoms with Crippen molar-refractivity contribution in [3.8, 4) is 0 Å². The third-order valence-electron chi connectivity index (χ3n) is 3.83. The first-order valence-electron chi connectivity index (χ1n) is 10.1. The largest absolute Gasteiger partial charge is 0.368 e. The molecule has 1 aliphatic heterocycles. The predicted octanol–water partition coefficient (Wildman–Crippen LogP) is 6.04. The minimum atomic E-state index is -0.169. The molecule has 1 atom stereocenters. The number of amides is 1. The first-order valence-corrected chi connectivity index (χ1v) is 10.1. The summed E-state index contributed by atoms with van der Waals surface area (Å²) in [6.07, 6.45) is 7.12. The lowest BCUT2D eigenvalue weighted by atomic mass is 9.89. The number of carbonyl (C=O) groups excluding carboxylic acids is 1. The van der Waals surface area contributed by atoms with E-state index in [-0.39, 0.29) is 12.1 Å². The Kier molecular flexibility index (Phi) is 11.9. The Morgan fingerprint density at radius 1 is 1.07 bits per heavy atom. The zero-order valence-electron chi connectivity index (χ0n) is 18.7. The first-order chi connectivity index (χ1) is 12.9. The summed E-state index contributed by atoms with van der Waals surface area (Å²) in [5.41, 5.74) is 7.32. The highest BCUT2D eigenvalue weighted by Crippen LogP contribution is 2.31. The van der Waals surface area contributed by atoms with E-state index in [1.54, 1.807) is 0 Å². The van der Waals surface area contributed by atoms with E-state index in [0.717, 1.165) is 6.42 Å². The van der Waals surface area contributed by atoms with Crippen molar-refractivity contribution in [3.05, 3.63) is 64.4 Å². The second-order valence-electron chi connectivity index (χ2n) is 6.15. The molecule has 0 spiro atoms. The van der Waals surface area contributed by atoms with E-state index in [2.05, 4.69) is 68.7 Å². The number of rotatable bonds is 4. The molecule has 0 radical (unpaired) electrons. The number of dihydropyridines is 1. The molecule has 0 saturated heterocycles. The summed E-state index contributed by atoms with van der Waals surface area (Å²) < 4.78 is 0. The molecule has 0 bridgehead atoms. The molecular formula is C24H38N2O. The molecule has 3 nitrogen and oxygen atoms in total. The summed E-state index contributed by atoms with van der Waals surface area (Å²) >= 11 is 0. The van der Waals surface area contributed by atoms with Crippen LogP contribution in [0.15, 0.2) is 47.7 Å². The maximum Gasteiger partial charge on any atom is 0.218 e. The van der Waals surface area contributed by atoms with Gasteiger partial charge in [-0.2, -0.15) is 0 Å². The Labute approximate surface area is 166 Å². The highest BCUT2D eigenvalue weighted by atomic mass is 16.1. The lowest BCUT2D eigenvalue weighted by molar-refractivity contribution is -0.119. The van der Waals surface area contributed by atoms with E-state index in [0.29, 0.717) is 0 Å². The molecular weight excluding hydrogens is 332 g/mol. The van der Waals surface area contributed by atoms with Gasteiger partial charge in [0.25, 0.3) is 0 Å². The molecule has 2 N–H and O–H groups in total. The van der Waals surface area contributed by atoms with Crippen molar-refractivity contribution in [2.45, 2.75) is 74.9 Å². The molecule has 0 aromatic heterocycles. The summed E-state index contributed by atoms with van der Waals surface area (Å²) in [5, 5.41) is 6.11. The molecule has 1 aromatic carbocycles. The summed E-state index contributed by atoms with van der Waals surface area (Å²) in [6.45, 7) is 18.0. The maximum atomic E-state index is 11.3. The fourth-order valence-corrected chi connectivity index (χ4v) is 2.96. The van der Waals surface area contributed by atoms with Crippen LogP contribution in [0.4, 0.5) is 0 Å². The van der Waals surface area contributed by atoms with Gasteiger partial charge in [-0.05, 0) is 55.6 Å². The SMILES string of the molecule is CC.CC.CC/C=C(\C1=CC(NC(C)=O)NC=C1C)c1cc(C)cc(C)c1. The van der Waals surface area contributed by atoms with Crippen LogP contribution in [-0.2, 0) is 4.79 Å². The van der Waals surface area contributed by atoms with E-state index >= 15 is 0 Å². The van der Waals surface area contributed by atoms with Crippen molar-refractivity contribution in [1.29, 1.82) is 0 Å². The molecule has 1 aliphatic rings. The minimum Gasteiger partial charge on any atom is -0.368 e. The quantitative estimate of drug-likeness (QED) is 0.678. The van der Waals surface area contributed by atoms with Crippen LogP contribution in [0, 0.1) is 13.8 Å². The van der Waals surface area contributed by atoms with Gasteiger partial charge in [0.1, 0.15) is 6.17 Å².